The zero-order valence-electron chi connectivity index (χ0n) is 17.3. The lowest BCUT2D eigenvalue weighted by molar-refractivity contribution is -0.274. The minimum atomic E-state index is -4.81. The van der Waals surface area contributed by atoms with Gasteiger partial charge < -0.3 is 19.5 Å². The van der Waals surface area contributed by atoms with E-state index in [9.17, 15) is 22.8 Å². The van der Waals surface area contributed by atoms with E-state index in [0.717, 1.165) is 16.8 Å². The summed E-state index contributed by atoms with van der Waals surface area (Å²) in [5.74, 6) is -0.0512. The molecule has 0 saturated heterocycles. The van der Waals surface area contributed by atoms with E-state index in [0.29, 0.717) is 42.1 Å². The smallest absolute Gasteiger partial charge is 0.406 e. The molecule has 4 rings (SSSR count). The van der Waals surface area contributed by atoms with Crippen LogP contribution in [0, 0.1) is 0 Å². The molecule has 0 unspecified atom stereocenters. The Labute approximate surface area is 180 Å². The molecule has 0 atom stereocenters. The summed E-state index contributed by atoms with van der Waals surface area (Å²) < 4.78 is 43.8. The van der Waals surface area contributed by atoms with Crippen LogP contribution in [0.25, 0.3) is 5.69 Å². The summed E-state index contributed by atoms with van der Waals surface area (Å²) >= 11 is 0. The summed E-state index contributed by atoms with van der Waals surface area (Å²) in [6.45, 7) is 1.09. The molecule has 32 heavy (non-hydrogen) atoms. The average Bonchev–Trinajstić information content (AvgIpc) is 2.73. The van der Waals surface area contributed by atoms with Gasteiger partial charge in [0.1, 0.15) is 11.4 Å². The Bertz CT molecular complexity index is 1270. The first kappa shape index (κ1) is 21.6. The third-order valence-electron chi connectivity index (χ3n) is 5.16. The van der Waals surface area contributed by atoms with Gasteiger partial charge in [0.25, 0.3) is 11.1 Å². The number of aryl methyl sites for hydroxylation is 1. The van der Waals surface area contributed by atoms with Crippen molar-refractivity contribution in [2.75, 3.05) is 18.9 Å². The maximum atomic E-state index is 13.2. The van der Waals surface area contributed by atoms with Crippen LogP contribution in [0.15, 0.2) is 52.2 Å². The lowest BCUT2D eigenvalue weighted by Crippen LogP contribution is -2.36. The molecule has 168 valence electrons. The quantitative estimate of drug-likeness (QED) is 0.662. The largest absolute Gasteiger partial charge is 0.573 e. The molecule has 3 aromatic rings. The zero-order valence-corrected chi connectivity index (χ0v) is 17.3. The molecule has 0 saturated carbocycles. The van der Waals surface area contributed by atoms with E-state index in [1.54, 1.807) is 25.4 Å². The van der Waals surface area contributed by atoms with Crippen molar-refractivity contribution in [3.8, 4) is 11.4 Å². The lowest BCUT2D eigenvalue weighted by Gasteiger charge is -2.26. The van der Waals surface area contributed by atoms with Gasteiger partial charge in [-0.2, -0.15) is 4.68 Å². The number of nitrogens with zero attached hydrogens (tertiary/aromatic N) is 4. The van der Waals surface area contributed by atoms with Gasteiger partial charge in [-0.05, 0) is 49.9 Å². The number of anilines is 2. The van der Waals surface area contributed by atoms with Crippen molar-refractivity contribution in [1.82, 2.24) is 19.2 Å². The Hall–Kier alpha value is -3.60. The second-order valence-corrected chi connectivity index (χ2v) is 7.52. The first-order valence-corrected chi connectivity index (χ1v) is 9.75. The Kier molecular flexibility index (Phi) is 5.51. The van der Waals surface area contributed by atoms with E-state index in [1.807, 2.05) is 11.9 Å². The molecule has 1 aromatic carbocycles. The van der Waals surface area contributed by atoms with Crippen molar-refractivity contribution in [2.45, 2.75) is 19.3 Å². The van der Waals surface area contributed by atoms with Crippen molar-refractivity contribution in [3.05, 3.63) is 74.4 Å². The number of alkyl halides is 3. The Balaban J connectivity index is 1.80. The van der Waals surface area contributed by atoms with Crippen molar-refractivity contribution in [3.63, 3.8) is 0 Å². The first-order chi connectivity index (χ1) is 15.1. The molecule has 0 radical (unpaired) electrons. The van der Waals surface area contributed by atoms with Crippen LogP contribution in [0.4, 0.5) is 24.7 Å². The molecule has 1 N–H and O–H groups in total. The Morgan fingerprint density at radius 1 is 1.03 bits per heavy atom. The highest BCUT2D eigenvalue weighted by atomic mass is 19.4. The number of pyridine rings is 1. The first-order valence-electron chi connectivity index (χ1n) is 9.75. The molecule has 0 spiro atoms. The maximum absolute atomic E-state index is 13.2. The lowest BCUT2D eigenvalue weighted by atomic mass is 10.0. The van der Waals surface area contributed by atoms with Crippen molar-refractivity contribution in [1.29, 1.82) is 0 Å². The minimum Gasteiger partial charge on any atom is -0.406 e. The van der Waals surface area contributed by atoms with E-state index < -0.39 is 12.1 Å². The van der Waals surface area contributed by atoms with Gasteiger partial charge in [0.15, 0.2) is 5.82 Å². The fraction of sp³-hybridized carbons (Fsp3) is 0.286. The molecule has 3 heterocycles. The zero-order chi connectivity index (χ0) is 23.0. The highest BCUT2D eigenvalue weighted by Crippen LogP contribution is 2.26. The van der Waals surface area contributed by atoms with Gasteiger partial charge >= 0.3 is 6.36 Å². The second-order valence-electron chi connectivity index (χ2n) is 7.52. The molecule has 8 nitrogen and oxygen atoms in total. The average molecular weight is 447 g/mol. The Morgan fingerprint density at radius 3 is 2.44 bits per heavy atom. The highest BCUT2D eigenvalue weighted by molar-refractivity contribution is 5.60. The number of ether oxygens (including phenoxy) is 1. The number of fused-ring (bicyclic) bond motifs is 1. The number of nitrogens with one attached hydrogen (secondary N) is 1. The predicted octanol–water partition coefficient (Wildman–Crippen LogP) is 2.56. The number of hydrogen-bond donors (Lipinski definition) is 1. The van der Waals surface area contributed by atoms with Crippen LogP contribution in [0.3, 0.4) is 0 Å². The minimum absolute atomic E-state index is 0.262. The van der Waals surface area contributed by atoms with Crippen molar-refractivity contribution >= 4 is 11.5 Å². The summed E-state index contributed by atoms with van der Waals surface area (Å²) in [6, 6.07) is 8.19. The highest BCUT2D eigenvalue weighted by Gasteiger charge is 2.31. The SMILES string of the molecule is CN1CCc2c(Nc3cccn(C)c3=O)nn(-c3ccc(OC(F)(F)F)cc3)c(=O)c2C1. The van der Waals surface area contributed by atoms with Crippen molar-refractivity contribution in [2.24, 2.45) is 7.05 Å². The number of benzene rings is 1. The number of hydrogen-bond acceptors (Lipinski definition) is 6. The summed E-state index contributed by atoms with van der Waals surface area (Å²) in [4.78, 5) is 27.6. The van der Waals surface area contributed by atoms with E-state index in [-0.39, 0.29) is 16.8 Å². The molecule has 0 fully saturated rings. The van der Waals surface area contributed by atoms with Crippen LogP contribution < -0.4 is 21.2 Å². The summed E-state index contributed by atoms with van der Waals surface area (Å²) in [7, 11) is 3.51. The second kappa shape index (κ2) is 8.15. The topological polar surface area (TPSA) is 81.4 Å². The van der Waals surface area contributed by atoms with Gasteiger partial charge in [0, 0.05) is 37.5 Å². The normalized spacial score (nSPS) is 14.2. The molecule has 1 aliphatic heterocycles. The summed E-state index contributed by atoms with van der Waals surface area (Å²) in [6.07, 6.45) is -2.63. The standard InChI is InChI=1S/C21H20F3N5O3/c1-27-11-9-15-16(12-27)19(30)29(13-5-7-14(8-6-13)32-21(22,23)24)26-18(15)25-17-4-3-10-28(2)20(17)31/h3-8,10H,9,11-12H2,1-2H3,(H,25,26). The van der Waals surface area contributed by atoms with Gasteiger partial charge in [-0.1, -0.05) is 0 Å². The molecular formula is C21H20F3N5O3. The van der Waals surface area contributed by atoms with Crippen LogP contribution >= 0.6 is 0 Å². The van der Waals surface area contributed by atoms with Crippen LogP contribution in [0.1, 0.15) is 11.1 Å². The van der Waals surface area contributed by atoms with Crippen molar-refractivity contribution < 1.29 is 17.9 Å². The van der Waals surface area contributed by atoms with Crippen LogP contribution in [-0.4, -0.2) is 39.2 Å². The predicted molar refractivity (Wildman–Crippen MR) is 112 cm³/mol. The van der Waals surface area contributed by atoms with Gasteiger partial charge in [-0.15, -0.1) is 18.3 Å². The van der Waals surface area contributed by atoms with E-state index in [1.165, 1.54) is 16.7 Å². The third kappa shape index (κ3) is 4.37. The number of likely N-dealkylation sites (N-methyl/N-ethyl adjacent to an activating group) is 1. The molecule has 1 aliphatic rings. The van der Waals surface area contributed by atoms with E-state index in [2.05, 4.69) is 15.2 Å². The van der Waals surface area contributed by atoms with E-state index in [4.69, 9.17) is 0 Å². The van der Waals surface area contributed by atoms with E-state index >= 15 is 0 Å². The third-order valence-corrected chi connectivity index (χ3v) is 5.16. The number of aromatic nitrogens is 3. The maximum Gasteiger partial charge on any atom is 0.573 e. The van der Waals surface area contributed by atoms with Gasteiger partial charge in [-0.3, -0.25) is 9.59 Å². The molecular weight excluding hydrogens is 427 g/mol. The molecule has 11 heteroatoms. The van der Waals surface area contributed by atoms with Gasteiger partial charge in [-0.25, -0.2) is 0 Å². The fourth-order valence-electron chi connectivity index (χ4n) is 3.57. The number of rotatable bonds is 4. The van der Waals surface area contributed by atoms with Crippen LogP contribution in [-0.2, 0) is 20.0 Å². The molecule has 0 aliphatic carbocycles. The summed E-state index contributed by atoms with van der Waals surface area (Å²) in [5, 5.41) is 7.45. The van der Waals surface area contributed by atoms with Crippen LogP contribution in [0.5, 0.6) is 5.75 Å². The Morgan fingerprint density at radius 2 is 1.75 bits per heavy atom. The van der Waals surface area contributed by atoms with Gasteiger partial charge in [0.2, 0.25) is 0 Å². The molecule has 0 amide bonds. The van der Waals surface area contributed by atoms with Crippen LogP contribution in [0.2, 0.25) is 0 Å². The molecule has 0 bridgehead atoms. The monoisotopic (exact) mass is 447 g/mol. The number of halogens is 3. The summed E-state index contributed by atoms with van der Waals surface area (Å²) in [5.41, 5.74) is 1.16. The van der Waals surface area contributed by atoms with Gasteiger partial charge in [0.05, 0.1) is 5.69 Å². The fourth-order valence-corrected chi connectivity index (χ4v) is 3.57. The molecule has 2 aromatic heterocycles.